The van der Waals surface area contributed by atoms with Gasteiger partial charge in [-0.05, 0) is 46.1 Å². The Bertz CT molecular complexity index is 579. The zero-order valence-corrected chi connectivity index (χ0v) is 15.0. The Balaban J connectivity index is 2.72. The van der Waals surface area contributed by atoms with Crippen molar-refractivity contribution in [2.75, 3.05) is 6.61 Å². The Morgan fingerprint density at radius 2 is 1.76 bits per heavy atom. The number of hydrogen-bond donors (Lipinski definition) is 1. The number of hydrogen-bond acceptors (Lipinski definition) is 6. The molecule has 25 heavy (non-hydrogen) atoms. The fraction of sp³-hybridized carbons (Fsp3) is 0.500. The van der Waals surface area contributed by atoms with Crippen molar-refractivity contribution in [2.45, 2.75) is 52.2 Å². The van der Waals surface area contributed by atoms with E-state index in [9.17, 15) is 14.4 Å². The zero-order chi connectivity index (χ0) is 18.9. The zero-order valence-electron chi connectivity index (χ0n) is 15.0. The van der Waals surface area contributed by atoms with E-state index in [1.807, 2.05) is 30.3 Å². The Morgan fingerprint density at radius 1 is 1.12 bits per heavy atom. The molecule has 0 aliphatic heterocycles. The molecule has 0 unspecified atom stereocenters. The van der Waals surface area contributed by atoms with Crippen LogP contribution < -0.4 is 5.32 Å². The van der Waals surface area contributed by atoms with Crippen molar-refractivity contribution < 1.29 is 28.6 Å². The lowest BCUT2D eigenvalue weighted by atomic mass is 10.1. The third-order valence-corrected chi connectivity index (χ3v) is 2.99. The third-order valence-electron chi connectivity index (χ3n) is 2.99. The van der Waals surface area contributed by atoms with Crippen LogP contribution in [0.4, 0.5) is 9.59 Å². The summed E-state index contributed by atoms with van der Waals surface area (Å²) in [5, 5.41) is 2.45. The predicted octanol–water partition coefficient (Wildman–Crippen LogP) is 3.21. The summed E-state index contributed by atoms with van der Waals surface area (Å²) in [6.45, 7) is 6.81. The van der Waals surface area contributed by atoms with Gasteiger partial charge in [0.05, 0.1) is 6.61 Å². The van der Waals surface area contributed by atoms with Gasteiger partial charge >= 0.3 is 18.2 Å². The van der Waals surface area contributed by atoms with Crippen LogP contribution in [0.15, 0.2) is 30.3 Å². The van der Waals surface area contributed by atoms with E-state index >= 15 is 0 Å². The third kappa shape index (κ3) is 8.74. The van der Waals surface area contributed by atoms with Gasteiger partial charge in [0.1, 0.15) is 11.6 Å². The summed E-state index contributed by atoms with van der Waals surface area (Å²) in [6, 6.07) is 8.42. The first-order valence-corrected chi connectivity index (χ1v) is 8.13. The number of rotatable bonds is 6. The number of aryl methyl sites for hydroxylation is 1. The van der Waals surface area contributed by atoms with Crippen LogP contribution in [0.2, 0.25) is 0 Å². The Kier molecular flexibility index (Phi) is 7.91. The summed E-state index contributed by atoms with van der Waals surface area (Å²) in [4.78, 5) is 35.4. The van der Waals surface area contributed by atoms with Gasteiger partial charge in [0.2, 0.25) is 0 Å². The second kappa shape index (κ2) is 9.66. The molecule has 7 heteroatoms. The lowest BCUT2D eigenvalue weighted by Gasteiger charge is -2.22. The van der Waals surface area contributed by atoms with Crippen LogP contribution in [0.3, 0.4) is 0 Å². The van der Waals surface area contributed by atoms with Gasteiger partial charge in [0.15, 0.2) is 0 Å². The first-order valence-electron chi connectivity index (χ1n) is 8.13. The van der Waals surface area contributed by atoms with Crippen molar-refractivity contribution in [2.24, 2.45) is 0 Å². The van der Waals surface area contributed by atoms with E-state index in [0.717, 1.165) is 5.56 Å². The minimum absolute atomic E-state index is 0.0836. The van der Waals surface area contributed by atoms with Gasteiger partial charge in [-0.3, -0.25) is 0 Å². The number of carbonyl (C=O) groups excluding carboxylic acids is 3. The molecule has 0 aliphatic rings. The number of benzene rings is 1. The highest BCUT2D eigenvalue weighted by atomic mass is 16.7. The molecule has 1 atom stereocenters. The van der Waals surface area contributed by atoms with Crippen LogP contribution in [0.25, 0.3) is 0 Å². The van der Waals surface area contributed by atoms with Crippen LogP contribution in [-0.2, 0) is 25.4 Å². The molecule has 1 aromatic rings. The number of amides is 1. The molecule has 138 valence electrons. The normalized spacial score (nSPS) is 12.0. The van der Waals surface area contributed by atoms with Crippen molar-refractivity contribution in [3.8, 4) is 0 Å². The molecule has 0 heterocycles. The molecule has 1 N–H and O–H groups in total. The lowest BCUT2D eigenvalue weighted by Crippen LogP contribution is -2.45. The van der Waals surface area contributed by atoms with E-state index in [0.29, 0.717) is 6.42 Å². The van der Waals surface area contributed by atoms with E-state index in [1.54, 1.807) is 27.7 Å². The van der Waals surface area contributed by atoms with E-state index in [1.165, 1.54) is 0 Å². The molecule has 7 nitrogen and oxygen atoms in total. The smallest absolute Gasteiger partial charge is 0.444 e. The Hall–Kier alpha value is -2.57. The topological polar surface area (TPSA) is 90.9 Å². The molecule has 1 aromatic carbocycles. The maximum atomic E-state index is 12.2. The van der Waals surface area contributed by atoms with Gasteiger partial charge in [0, 0.05) is 0 Å². The monoisotopic (exact) mass is 351 g/mol. The van der Waals surface area contributed by atoms with Crippen molar-refractivity contribution in [3.05, 3.63) is 35.9 Å². The summed E-state index contributed by atoms with van der Waals surface area (Å²) in [6.07, 6.45) is -1.09. The van der Waals surface area contributed by atoms with E-state index in [2.05, 4.69) is 14.8 Å². The molecule has 0 saturated carbocycles. The SMILES string of the molecule is CCOC(=O)OC(=O)[C@@H](CCc1ccccc1)NC(=O)OC(C)(C)C. The minimum Gasteiger partial charge on any atom is -0.444 e. The van der Waals surface area contributed by atoms with Crippen molar-refractivity contribution in [1.82, 2.24) is 5.32 Å². The Morgan fingerprint density at radius 3 is 2.32 bits per heavy atom. The number of nitrogens with one attached hydrogen (secondary N) is 1. The highest BCUT2D eigenvalue weighted by molar-refractivity contribution is 5.88. The molecular weight excluding hydrogens is 326 g/mol. The van der Waals surface area contributed by atoms with Gasteiger partial charge in [-0.2, -0.15) is 0 Å². The van der Waals surface area contributed by atoms with Gasteiger partial charge < -0.3 is 19.5 Å². The first kappa shape index (κ1) is 20.5. The van der Waals surface area contributed by atoms with Crippen molar-refractivity contribution in [3.63, 3.8) is 0 Å². The van der Waals surface area contributed by atoms with Crippen LogP contribution in [0.1, 0.15) is 39.7 Å². The van der Waals surface area contributed by atoms with Crippen LogP contribution in [-0.4, -0.2) is 36.5 Å². The molecule has 1 rings (SSSR count). The predicted molar refractivity (Wildman–Crippen MR) is 91.0 cm³/mol. The second-order valence-electron chi connectivity index (χ2n) is 6.33. The van der Waals surface area contributed by atoms with Crippen LogP contribution >= 0.6 is 0 Å². The summed E-state index contributed by atoms with van der Waals surface area (Å²) in [7, 11) is 0. The molecular formula is C18H25NO6. The van der Waals surface area contributed by atoms with Gasteiger partial charge in [0.25, 0.3) is 0 Å². The Labute approximate surface area is 147 Å². The fourth-order valence-electron chi connectivity index (χ4n) is 1.96. The highest BCUT2D eigenvalue weighted by Crippen LogP contribution is 2.10. The van der Waals surface area contributed by atoms with E-state index < -0.39 is 29.9 Å². The molecule has 0 saturated heterocycles. The second-order valence-corrected chi connectivity index (χ2v) is 6.33. The van der Waals surface area contributed by atoms with Crippen LogP contribution in [0.5, 0.6) is 0 Å². The first-order chi connectivity index (χ1) is 11.7. The summed E-state index contributed by atoms with van der Waals surface area (Å²) in [5.41, 5.74) is 0.279. The molecule has 0 fully saturated rings. The summed E-state index contributed by atoms with van der Waals surface area (Å²) in [5.74, 6) is -0.889. The molecule has 0 radical (unpaired) electrons. The quantitative estimate of drug-likeness (QED) is 0.625. The minimum atomic E-state index is -1.09. The maximum absolute atomic E-state index is 12.2. The number of ether oxygens (including phenoxy) is 3. The highest BCUT2D eigenvalue weighted by Gasteiger charge is 2.27. The number of carbonyl (C=O) groups is 3. The molecule has 0 spiro atoms. The van der Waals surface area contributed by atoms with Gasteiger partial charge in [-0.15, -0.1) is 0 Å². The summed E-state index contributed by atoms with van der Waals surface area (Å²) >= 11 is 0. The molecule has 1 amide bonds. The standard InChI is InChI=1S/C18H25NO6/c1-5-23-17(22)24-15(20)14(19-16(21)25-18(2,3)4)12-11-13-9-7-6-8-10-13/h6-10,14H,5,11-12H2,1-4H3,(H,19,21)/t14-/m1/s1. The fourth-order valence-corrected chi connectivity index (χ4v) is 1.96. The lowest BCUT2D eigenvalue weighted by molar-refractivity contribution is -0.142. The largest absolute Gasteiger partial charge is 0.516 e. The van der Waals surface area contributed by atoms with E-state index in [-0.39, 0.29) is 13.0 Å². The molecule has 0 aliphatic carbocycles. The summed E-state index contributed by atoms with van der Waals surface area (Å²) < 4.78 is 14.3. The van der Waals surface area contributed by atoms with Crippen LogP contribution in [0, 0.1) is 0 Å². The molecule has 0 bridgehead atoms. The van der Waals surface area contributed by atoms with E-state index in [4.69, 9.17) is 4.74 Å². The molecule has 0 aromatic heterocycles. The van der Waals surface area contributed by atoms with Crippen molar-refractivity contribution >= 4 is 18.2 Å². The average Bonchev–Trinajstić information content (AvgIpc) is 2.50. The van der Waals surface area contributed by atoms with Gasteiger partial charge in [-0.1, -0.05) is 30.3 Å². The number of alkyl carbamates (subject to hydrolysis) is 1. The maximum Gasteiger partial charge on any atom is 0.516 e. The average molecular weight is 351 g/mol. The number of esters is 1. The van der Waals surface area contributed by atoms with Crippen molar-refractivity contribution in [1.29, 1.82) is 0 Å². The van der Waals surface area contributed by atoms with Gasteiger partial charge in [-0.25, -0.2) is 14.4 Å².